The first-order chi connectivity index (χ1) is 16.6. The van der Waals surface area contributed by atoms with Crippen molar-refractivity contribution >= 4 is 33.3 Å². The Balaban J connectivity index is 1.87. The molecule has 0 spiro atoms. The molecule has 3 aromatic rings. The van der Waals surface area contributed by atoms with Gasteiger partial charge in [0.2, 0.25) is 5.91 Å². The third-order valence-corrected chi connectivity index (χ3v) is 7.21. The van der Waals surface area contributed by atoms with Crippen LogP contribution in [0.5, 0.6) is 0 Å². The summed E-state index contributed by atoms with van der Waals surface area (Å²) in [5, 5.41) is 2.71. The molecule has 0 aromatic heterocycles. The summed E-state index contributed by atoms with van der Waals surface area (Å²) in [7, 11) is -4.00. The molecule has 0 aliphatic rings. The molecule has 0 bridgehead atoms. The van der Waals surface area contributed by atoms with Gasteiger partial charge < -0.3 is 10.1 Å². The molecule has 8 heteroatoms. The van der Waals surface area contributed by atoms with E-state index < -0.39 is 28.4 Å². The van der Waals surface area contributed by atoms with Crippen LogP contribution in [0.15, 0.2) is 77.7 Å². The van der Waals surface area contributed by atoms with Gasteiger partial charge in [-0.3, -0.25) is 9.10 Å². The van der Waals surface area contributed by atoms with E-state index in [1.807, 2.05) is 19.1 Å². The summed E-state index contributed by atoms with van der Waals surface area (Å²) >= 11 is 0. The van der Waals surface area contributed by atoms with Crippen LogP contribution in [0.2, 0.25) is 0 Å². The number of hydrogen-bond acceptors (Lipinski definition) is 5. The van der Waals surface area contributed by atoms with Gasteiger partial charge in [0.15, 0.2) is 0 Å². The molecule has 0 aliphatic carbocycles. The van der Waals surface area contributed by atoms with Gasteiger partial charge in [0.05, 0.1) is 22.8 Å². The van der Waals surface area contributed by atoms with Crippen LogP contribution in [0.3, 0.4) is 0 Å². The fourth-order valence-corrected chi connectivity index (χ4v) is 4.83. The van der Waals surface area contributed by atoms with E-state index in [4.69, 9.17) is 4.74 Å². The lowest BCUT2D eigenvalue weighted by molar-refractivity contribution is -0.114. The molecular weight excluding hydrogens is 464 g/mol. The first-order valence-electron chi connectivity index (χ1n) is 11.4. The molecule has 0 saturated carbocycles. The van der Waals surface area contributed by atoms with Crippen molar-refractivity contribution in [1.29, 1.82) is 0 Å². The van der Waals surface area contributed by atoms with Crippen LogP contribution in [0, 0.1) is 6.92 Å². The van der Waals surface area contributed by atoms with Crippen LogP contribution in [-0.4, -0.2) is 33.4 Å². The average Bonchev–Trinajstić information content (AvgIpc) is 2.83. The lowest BCUT2D eigenvalue weighted by Crippen LogP contribution is -2.38. The van der Waals surface area contributed by atoms with Gasteiger partial charge in [0.25, 0.3) is 10.0 Å². The normalized spacial score (nSPS) is 11.2. The Hall–Kier alpha value is -3.65. The van der Waals surface area contributed by atoms with E-state index in [9.17, 15) is 18.0 Å². The van der Waals surface area contributed by atoms with Crippen LogP contribution in [0.25, 0.3) is 0 Å². The highest BCUT2D eigenvalue weighted by atomic mass is 32.2. The fraction of sp³-hybridized carbons (Fsp3) is 0.259. The van der Waals surface area contributed by atoms with Crippen molar-refractivity contribution in [2.45, 2.75) is 38.5 Å². The maximum Gasteiger partial charge on any atom is 0.338 e. The number of rotatable bonds is 9. The van der Waals surface area contributed by atoms with E-state index in [0.29, 0.717) is 16.9 Å². The largest absolute Gasteiger partial charge is 0.462 e. The van der Waals surface area contributed by atoms with Gasteiger partial charge >= 0.3 is 5.97 Å². The minimum atomic E-state index is -4.00. The number of carbonyl (C=O) groups excluding carboxylic acids is 2. The van der Waals surface area contributed by atoms with Gasteiger partial charge in [-0.15, -0.1) is 0 Å². The Kier molecular flexibility index (Phi) is 8.30. The summed E-state index contributed by atoms with van der Waals surface area (Å²) in [6.45, 7) is 7.54. The summed E-state index contributed by atoms with van der Waals surface area (Å²) < 4.78 is 33.1. The molecule has 0 saturated heterocycles. The first-order valence-corrected chi connectivity index (χ1v) is 12.8. The molecule has 184 valence electrons. The minimum Gasteiger partial charge on any atom is -0.462 e. The van der Waals surface area contributed by atoms with Gasteiger partial charge in [0.1, 0.15) is 6.54 Å². The highest BCUT2D eigenvalue weighted by Gasteiger charge is 2.27. The molecule has 35 heavy (non-hydrogen) atoms. The Morgan fingerprint density at radius 2 is 1.51 bits per heavy atom. The van der Waals surface area contributed by atoms with Crippen LogP contribution in [-0.2, 0) is 19.6 Å². The third-order valence-electron chi connectivity index (χ3n) is 5.42. The number of amides is 1. The van der Waals surface area contributed by atoms with Crippen molar-refractivity contribution in [3.8, 4) is 0 Å². The number of anilines is 2. The van der Waals surface area contributed by atoms with Crippen molar-refractivity contribution in [1.82, 2.24) is 0 Å². The molecule has 0 fully saturated rings. The van der Waals surface area contributed by atoms with Gasteiger partial charge in [0, 0.05) is 5.69 Å². The molecule has 0 radical (unpaired) electrons. The number of nitrogens with one attached hydrogen (secondary N) is 1. The predicted molar refractivity (Wildman–Crippen MR) is 137 cm³/mol. The molecule has 1 N–H and O–H groups in total. The third kappa shape index (κ3) is 6.48. The number of hydrogen-bond donors (Lipinski definition) is 1. The molecule has 3 rings (SSSR count). The van der Waals surface area contributed by atoms with E-state index in [2.05, 4.69) is 19.2 Å². The van der Waals surface area contributed by atoms with Crippen LogP contribution in [0.1, 0.15) is 48.2 Å². The maximum atomic E-state index is 13.5. The lowest BCUT2D eigenvalue weighted by Gasteiger charge is -2.24. The van der Waals surface area contributed by atoms with E-state index >= 15 is 0 Å². The van der Waals surface area contributed by atoms with Gasteiger partial charge in [-0.1, -0.05) is 43.7 Å². The average molecular weight is 495 g/mol. The predicted octanol–water partition coefficient (Wildman–Crippen LogP) is 5.13. The Labute approximate surface area is 206 Å². The number of carbonyl (C=O) groups is 2. The fourth-order valence-electron chi connectivity index (χ4n) is 3.41. The van der Waals surface area contributed by atoms with Gasteiger partial charge in [-0.2, -0.15) is 0 Å². The SMILES string of the molecule is CCOC(=O)c1ccc(NC(=O)CN(c2ccc(C(C)C)cc2)S(=O)(=O)c2ccc(C)cc2)cc1. The number of esters is 1. The second-order valence-electron chi connectivity index (χ2n) is 8.42. The standard InChI is InChI=1S/C27H30N2O5S/c1-5-34-27(31)22-8-12-23(13-9-22)28-26(30)18-29(24-14-10-21(11-15-24)19(2)3)35(32,33)25-16-6-20(4)7-17-25/h6-17,19H,5,18H2,1-4H3,(H,28,30). The molecule has 0 unspecified atom stereocenters. The van der Waals surface area contributed by atoms with Crippen molar-refractivity contribution < 1.29 is 22.7 Å². The van der Waals surface area contributed by atoms with Crippen molar-refractivity contribution in [3.63, 3.8) is 0 Å². The van der Waals surface area contributed by atoms with Crippen molar-refractivity contribution in [3.05, 3.63) is 89.5 Å². The second-order valence-corrected chi connectivity index (χ2v) is 10.3. The zero-order valence-corrected chi connectivity index (χ0v) is 21.1. The zero-order chi connectivity index (χ0) is 25.6. The van der Waals surface area contributed by atoms with E-state index in [1.54, 1.807) is 55.5 Å². The Bertz CT molecular complexity index is 1270. The molecular formula is C27H30N2O5S. The quantitative estimate of drug-likeness (QED) is 0.416. The zero-order valence-electron chi connectivity index (χ0n) is 20.3. The number of nitrogens with zero attached hydrogens (tertiary/aromatic N) is 1. The molecule has 1 amide bonds. The van der Waals surface area contributed by atoms with E-state index in [1.165, 1.54) is 12.1 Å². The lowest BCUT2D eigenvalue weighted by atomic mass is 10.0. The minimum absolute atomic E-state index is 0.0997. The Morgan fingerprint density at radius 3 is 2.06 bits per heavy atom. The summed E-state index contributed by atoms with van der Waals surface area (Å²) in [6.07, 6.45) is 0. The maximum absolute atomic E-state index is 13.5. The molecule has 0 aliphatic heterocycles. The highest BCUT2D eigenvalue weighted by molar-refractivity contribution is 7.92. The monoisotopic (exact) mass is 494 g/mol. The summed E-state index contributed by atoms with van der Waals surface area (Å²) in [5.41, 5.74) is 3.18. The Morgan fingerprint density at radius 1 is 0.914 bits per heavy atom. The van der Waals surface area contributed by atoms with E-state index in [-0.39, 0.29) is 17.4 Å². The number of sulfonamides is 1. The molecule has 0 atom stereocenters. The number of ether oxygens (including phenoxy) is 1. The van der Waals surface area contributed by atoms with Crippen LogP contribution in [0.4, 0.5) is 11.4 Å². The summed E-state index contributed by atoms with van der Waals surface area (Å²) in [4.78, 5) is 24.8. The van der Waals surface area contributed by atoms with Crippen LogP contribution < -0.4 is 9.62 Å². The molecule has 7 nitrogen and oxygen atoms in total. The van der Waals surface area contributed by atoms with Gasteiger partial charge in [-0.25, -0.2) is 13.2 Å². The first kappa shape index (κ1) is 26.0. The van der Waals surface area contributed by atoms with Gasteiger partial charge in [-0.05, 0) is 73.9 Å². The second kappa shape index (κ2) is 11.2. The van der Waals surface area contributed by atoms with Crippen molar-refractivity contribution in [2.75, 3.05) is 22.8 Å². The van der Waals surface area contributed by atoms with Crippen LogP contribution >= 0.6 is 0 Å². The summed E-state index contributed by atoms with van der Waals surface area (Å²) in [5.74, 6) is -0.685. The summed E-state index contributed by atoms with van der Waals surface area (Å²) in [6, 6.07) is 19.9. The topological polar surface area (TPSA) is 92.8 Å². The highest BCUT2D eigenvalue weighted by Crippen LogP contribution is 2.26. The number of benzene rings is 3. The number of aryl methyl sites for hydroxylation is 1. The van der Waals surface area contributed by atoms with E-state index in [0.717, 1.165) is 15.4 Å². The van der Waals surface area contributed by atoms with Crippen molar-refractivity contribution in [2.24, 2.45) is 0 Å². The molecule has 0 heterocycles. The smallest absolute Gasteiger partial charge is 0.338 e. The molecule has 3 aromatic carbocycles.